The van der Waals surface area contributed by atoms with Crippen molar-refractivity contribution >= 4 is 10.0 Å². The van der Waals surface area contributed by atoms with Crippen molar-refractivity contribution in [3.63, 3.8) is 0 Å². The number of nitrogens with one attached hydrogen (secondary N) is 1. The number of halogens is 2. The van der Waals surface area contributed by atoms with Crippen molar-refractivity contribution in [2.24, 2.45) is 5.92 Å². The predicted octanol–water partition coefficient (Wildman–Crippen LogP) is 1.19. The average Bonchev–Trinajstić information content (AvgIpc) is 2.78. The van der Waals surface area contributed by atoms with E-state index in [9.17, 15) is 17.2 Å². The van der Waals surface area contributed by atoms with Crippen molar-refractivity contribution in [2.75, 3.05) is 26.7 Å². The summed E-state index contributed by atoms with van der Waals surface area (Å²) in [5.74, 6) is -1.91. The molecule has 1 atom stereocenters. The van der Waals surface area contributed by atoms with Gasteiger partial charge in [0.15, 0.2) is 4.90 Å². The van der Waals surface area contributed by atoms with E-state index in [1.807, 2.05) is 0 Å². The highest BCUT2D eigenvalue weighted by Crippen LogP contribution is 2.27. The molecule has 7 heteroatoms. The fourth-order valence-electron chi connectivity index (χ4n) is 2.33. The molecule has 0 unspecified atom stereocenters. The first-order valence-corrected chi connectivity index (χ1v) is 7.49. The number of hydrogen-bond donors (Lipinski definition) is 1. The van der Waals surface area contributed by atoms with Crippen LogP contribution >= 0.6 is 0 Å². The Balaban J connectivity index is 2.29. The molecule has 0 amide bonds. The molecule has 0 aliphatic carbocycles. The number of nitrogens with zero attached hydrogens (tertiary/aromatic N) is 1. The van der Waals surface area contributed by atoms with Crippen molar-refractivity contribution in [1.29, 1.82) is 0 Å². The van der Waals surface area contributed by atoms with Crippen LogP contribution in [0.2, 0.25) is 0 Å². The molecule has 0 spiro atoms. The number of benzene rings is 1. The van der Waals surface area contributed by atoms with Gasteiger partial charge in [-0.1, -0.05) is 6.07 Å². The molecule has 1 N–H and O–H groups in total. The fourth-order valence-corrected chi connectivity index (χ4v) is 3.97. The lowest BCUT2D eigenvalue weighted by Gasteiger charge is -2.17. The van der Waals surface area contributed by atoms with Crippen LogP contribution in [0.4, 0.5) is 8.78 Å². The van der Waals surface area contributed by atoms with Gasteiger partial charge >= 0.3 is 0 Å². The van der Waals surface area contributed by atoms with E-state index < -0.39 is 26.6 Å². The Kier molecular flexibility index (Phi) is 4.17. The SMILES string of the molecule is CNC[C@@H]1CCN(S(=O)(=O)c2c(F)cccc2F)C1. The van der Waals surface area contributed by atoms with Gasteiger partial charge < -0.3 is 5.32 Å². The summed E-state index contributed by atoms with van der Waals surface area (Å²) in [5, 5.41) is 2.97. The topological polar surface area (TPSA) is 49.4 Å². The Morgan fingerprint density at radius 1 is 1.37 bits per heavy atom. The maximum atomic E-state index is 13.6. The average molecular weight is 290 g/mol. The first-order chi connectivity index (χ1) is 8.96. The first kappa shape index (κ1) is 14.4. The molecule has 1 aliphatic heterocycles. The predicted molar refractivity (Wildman–Crippen MR) is 67.2 cm³/mol. The third-order valence-corrected chi connectivity index (χ3v) is 5.18. The summed E-state index contributed by atoms with van der Waals surface area (Å²) in [7, 11) is -2.31. The third-order valence-electron chi connectivity index (χ3n) is 3.26. The van der Waals surface area contributed by atoms with Crippen LogP contribution in [0.5, 0.6) is 0 Å². The minimum atomic E-state index is -4.10. The van der Waals surface area contributed by atoms with E-state index in [4.69, 9.17) is 0 Å². The van der Waals surface area contributed by atoms with Crippen LogP contribution in [-0.4, -0.2) is 39.4 Å². The van der Waals surface area contributed by atoms with Crippen molar-refractivity contribution in [1.82, 2.24) is 9.62 Å². The molecule has 0 bridgehead atoms. The molecule has 1 aromatic carbocycles. The van der Waals surface area contributed by atoms with Gasteiger partial charge in [-0.15, -0.1) is 0 Å². The van der Waals surface area contributed by atoms with E-state index in [1.54, 1.807) is 7.05 Å². The highest BCUT2D eigenvalue weighted by atomic mass is 32.2. The van der Waals surface area contributed by atoms with Gasteiger partial charge in [0.25, 0.3) is 0 Å². The molecule has 1 heterocycles. The molecule has 0 saturated carbocycles. The molecule has 2 rings (SSSR count). The zero-order valence-electron chi connectivity index (χ0n) is 10.6. The van der Waals surface area contributed by atoms with Gasteiger partial charge in [0.2, 0.25) is 10.0 Å². The van der Waals surface area contributed by atoms with Crippen LogP contribution < -0.4 is 5.32 Å². The molecule has 0 aromatic heterocycles. The van der Waals surface area contributed by atoms with Gasteiger partial charge in [-0.2, -0.15) is 4.31 Å². The van der Waals surface area contributed by atoms with Crippen LogP contribution in [0, 0.1) is 17.6 Å². The summed E-state index contributed by atoms with van der Waals surface area (Å²) < 4.78 is 52.8. The lowest BCUT2D eigenvalue weighted by atomic mass is 10.1. The molecule has 19 heavy (non-hydrogen) atoms. The van der Waals surface area contributed by atoms with Crippen LogP contribution in [0.15, 0.2) is 23.1 Å². The van der Waals surface area contributed by atoms with Gasteiger partial charge in [-0.25, -0.2) is 17.2 Å². The first-order valence-electron chi connectivity index (χ1n) is 6.05. The molecular formula is C12H16F2N2O2S. The van der Waals surface area contributed by atoms with Crippen LogP contribution in [0.1, 0.15) is 6.42 Å². The van der Waals surface area contributed by atoms with Crippen molar-refractivity contribution < 1.29 is 17.2 Å². The Hall–Kier alpha value is -1.05. The van der Waals surface area contributed by atoms with Crippen molar-refractivity contribution in [3.05, 3.63) is 29.8 Å². The van der Waals surface area contributed by atoms with Crippen molar-refractivity contribution in [3.8, 4) is 0 Å². The van der Waals surface area contributed by atoms with Crippen LogP contribution in [-0.2, 0) is 10.0 Å². The largest absolute Gasteiger partial charge is 0.319 e. The van der Waals surface area contributed by atoms with Crippen molar-refractivity contribution in [2.45, 2.75) is 11.3 Å². The molecular weight excluding hydrogens is 274 g/mol. The van der Waals surface area contributed by atoms with E-state index in [-0.39, 0.29) is 12.5 Å². The summed E-state index contributed by atoms with van der Waals surface area (Å²) in [6.45, 7) is 1.27. The Labute approximate surface area is 111 Å². The lowest BCUT2D eigenvalue weighted by molar-refractivity contribution is 0.438. The quantitative estimate of drug-likeness (QED) is 0.906. The Morgan fingerprint density at radius 3 is 2.58 bits per heavy atom. The zero-order valence-corrected chi connectivity index (χ0v) is 11.4. The second-order valence-corrected chi connectivity index (χ2v) is 6.50. The summed E-state index contributed by atoms with van der Waals surface area (Å²) in [6, 6.07) is 3.06. The van der Waals surface area contributed by atoms with Gasteiger partial charge in [-0.05, 0) is 38.1 Å². The molecule has 0 radical (unpaired) electrons. The molecule has 1 saturated heterocycles. The minimum Gasteiger partial charge on any atom is -0.319 e. The summed E-state index contributed by atoms with van der Waals surface area (Å²) in [4.78, 5) is -0.847. The Morgan fingerprint density at radius 2 is 2.00 bits per heavy atom. The standard InChI is InChI=1S/C12H16F2N2O2S/c1-15-7-9-5-6-16(8-9)19(17,18)12-10(13)3-2-4-11(12)14/h2-4,9,15H,5-8H2,1H3/t9-/m0/s1. The van der Waals surface area contributed by atoms with E-state index in [2.05, 4.69) is 5.32 Å². The van der Waals surface area contributed by atoms with E-state index in [0.29, 0.717) is 19.5 Å². The highest BCUT2D eigenvalue weighted by Gasteiger charge is 2.35. The second kappa shape index (κ2) is 5.52. The number of rotatable bonds is 4. The molecule has 1 aliphatic rings. The maximum Gasteiger partial charge on any atom is 0.248 e. The molecule has 1 aromatic rings. The number of sulfonamides is 1. The van der Waals surface area contributed by atoms with Gasteiger partial charge in [0.1, 0.15) is 11.6 Å². The van der Waals surface area contributed by atoms with Gasteiger partial charge in [0.05, 0.1) is 0 Å². The van der Waals surface area contributed by atoms with E-state index in [0.717, 1.165) is 22.5 Å². The minimum absolute atomic E-state index is 0.176. The molecule has 106 valence electrons. The summed E-state index contributed by atoms with van der Waals surface area (Å²) in [6.07, 6.45) is 0.691. The van der Waals surface area contributed by atoms with Crippen LogP contribution in [0.25, 0.3) is 0 Å². The normalized spacial score (nSPS) is 20.9. The third kappa shape index (κ3) is 2.77. The fraction of sp³-hybridized carbons (Fsp3) is 0.500. The van der Waals surface area contributed by atoms with Gasteiger partial charge in [-0.3, -0.25) is 0 Å². The summed E-state index contributed by atoms with van der Waals surface area (Å²) in [5.41, 5.74) is 0. The van der Waals surface area contributed by atoms with E-state index >= 15 is 0 Å². The lowest BCUT2D eigenvalue weighted by Crippen LogP contribution is -2.31. The van der Waals surface area contributed by atoms with Crippen LogP contribution in [0.3, 0.4) is 0 Å². The van der Waals surface area contributed by atoms with E-state index in [1.165, 1.54) is 0 Å². The second-order valence-electron chi connectivity index (χ2n) is 4.63. The number of hydrogen-bond acceptors (Lipinski definition) is 3. The van der Waals surface area contributed by atoms with Gasteiger partial charge in [0, 0.05) is 13.1 Å². The highest BCUT2D eigenvalue weighted by molar-refractivity contribution is 7.89. The Bertz CT molecular complexity index is 543. The molecule has 1 fully saturated rings. The summed E-state index contributed by atoms with van der Waals surface area (Å²) >= 11 is 0. The zero-order chi connectivity index (χ0) is 14.0. The monoisotopic (exact) mass is 290 g/mol. The maximum absolute atomic E-state index is 13.6. The molecule has 4 nitrogen and oxygen atoms in total. The smallest absolute Gasteiger partial charge is 0.248 e.